The molecule has 22 heavy (non-hydrogen) atoms. The minimum atomic E-state index is 0. The molecule has 1 saturated heterocycles. The standard InChI is InChI=1S/C17H34N4.HI/c1-4-18-17(20-16-9-5-6-10-16)19-12-15-8-7-11-21(13-15)14(2)3;/h14-16H,4-13H2,1-3H3,(H2,18,19,20);1H. The molecule has 0 bridgehead atoms. The van der Waals surface area contributed by atoms with Gasteiger partial charge >= 0.3 is 0 Å². The average molecular weight is 422 g/mol. The molecule has 2 rings (SSSR count). The van der Waals surface area contributed by atoms with Crippen LogP contribution in [-0.2, 0) is 0 Å². The number of aliphatic imine (C=N–C) groups is 1. The van der Waals surface area contributed by atoms with E-state index in [2.05, 4.69) is 36.3 Å². The Morgan fingerprint density at radius 3 is 2.55 bits per heavy atom. The minimum absolute atomic E-state index is 0. The maximum absolute atomic E-state index is 4.86. The number of nitrogens with one attached hydrogen (secondary N) is 2. The van der Waals surface area contributed by atoms with Crippen LogP contribution in [0.25, 0.3) is 0 Å². The number of piperidine rings is 1. The summed E-state index contributed by atoms with van der Waals surface area (Å²) in [7, 11) is 0. The van der Waals surface area contributed by atoms with E-state index >= 15 is 0 Å². The van der Waals surface area contributed by atoms with Crippen molar-refractivity contribution in [1.82, 2.24) is 15.5 Å². The van der Waals surface area contributed by atoms with Gasteiger partial charge in [0.2, 0.25) is 0 Å². The second kappa shape index (κ2) is 10.7. The molecule has 2 aliphatic rings. The van der Waals surface area contributed by atoms with Gasteiger partial charge in [0.25, 0.3) is 0 Å². The Kier molecular flexibility index (Phi) is 9.71. The van der Waals surface area contributed by atoms with Crippen LogP contribution in [0.15, 0.2) is 4.99 Å². The van der Waals surface area contributed by atoms with Crippen molar-refractivity contribution in [3.63, 3.8) is 0 Å². The lowest BCUT2D eigenvalue weighted by molar-refractivity contribution is 0.143. The number of hydrogen-bond donors (Lipinski definition) is 2. The zero-order chi connectivity index (χ0) is 15.1. The van der Waals surface area contributed by atoms with Crippen molar-refractivity contribution in [2.75, 3.05) is 26.2 Å². The monoisotopic (exact) mass is 422 g/mol. The van der Waals surface area contributed by atoms with Crippen molar-refractivity contribution in [2.45, 2.75) is 71.4 Å². The molecule has 1 unspecified atom stereocenters. The Morgan fingerprint density at radius 1 is 1.18 bits per heavy atom. The van der Waals surface area contributed by atoms with E-state index in [-0.39, 0.29) is 24.0 Å². The summed E-state index contributed by atoms with van der Waals surface area (Å²) >= 11 is 0. The molecule has 4 nitrogen and oxygen atoms in total. The molecule has 0 spiro atoms. The van der Waals surface area contributed by atoms with E-state index in [4.69, 9.17) is 4.99 Å². The van der Waals surface area contributed by atoms with Crippen molar-refractivity contribution in [3.8, 4) is 0 Å². The Labute approximate surface area is 153 Å². The van der Waals surface area contributed by atoms with Gasteiger partial charge in [-0.1, -0.05) is 12.8 Å². The fourth-order valence-electron chi connectivity index (χ4n) is 3.52. The number of rotatable bonds is 5. The van der Waals surface area contributed by atoms with E-state index in [0.29, 0.717) is 12.1 Å². The van der Waals surface area contributed by atoms with Gasteiger partial charge in [0.1, 0.15) is 0 Å². The maximum atomic E-state index is 4.86. The SMILES string of the molecule is CCNC(=NCC1CCCN(C(C)C)C1)NC1CCCC1.I. The van der Waals surface area contributed by atoms with Crippen LogP contribution in [0.4, 0.5) is 0 Å². The molecule has 0 amide bonds. The molecule has 5 heteroatoms. The summed E-state index contributed by atoms with van der Waals surface area (Å²) in [5.41, 5.74) is 0. The van der Waals surface area contributed by atoms with Crippen molar-refractivity contribution in [1.29, 1.82) is 0 Å². The number of hydrogen-bond acceptors (Lipinski definition) is 2. The predicted molar refractivity (Wildman–Crippen MR) is 106 cm³/mol. The van der Waals surface area contributed by atoms with Gasteiger partial charge in [0.15, 0.2) is 5.96 Å². The summed E-state index contributed by atoms with van der Waals surface area (Å²) in [5, 5.41) is 7.02. The second-order valence-corrected chi connectivity index (χ2v) is 6.94. The highest BCUT2D eigenvalue weighted by molar-refractivity contribution is 14.0. The van der Waals surface area contributed by atoms with Crippen molar-refractivity contribution < 1.29 is 0 Å². The quantitative estimate of drug-likeness (QED) is 0.406. The van der Waals surface area contributed by atoms with Crippen LogP contribution in [0.2, 0.25) is 0 Å². The summed E-state index contributed by atoms with van der Waals surface area (Å²) < 4.78 is 0. The van der Waals surface area contributed by atoms with Crippen LogP contribution in [0.5, 0.6) is 0 Å². The highest BCUT2D eigenvalue weighted by atomic mass is 127. The number of nitrogens with zero attached hydrogens (tertiary/aromatic N) is 2. The van der Waals surface area contributed by atoms with Gasteiger partial charge in [-0.25, -0.2) is 0 Å². The van der Waals surface area contributed by atoms with Gasteiger partial charge in [-0.15, -0.1) is 24.0 Å². The van der Waals surface area contributed by atoms with Gasteiger partial charge in [-0.2, -0.15) is 0 Å². The van der Waals surface area contributed by atoms with Gasteiger partial charge in [-0.3, -0.25) is 4.99 Å². The molecule has 0 radical (unpaired) electrons. The third-order valence-corrected chi connectivity index (χ3v) is 4.83. The summed E-state index contributed by atoms with van der Waals surface area (Å²) in [6.45, 7) is 11.1. The summed E-state index contributed by atoms with van der Waals surface area (Å²) in [5.74, 6) is 1.76. The first-order chi connectivity index (χ1) is 10.2. The number of guanidine groups is 1. The van der Waals surface area contributed by atoms with Crippen LogP contribution in [0, 0.1) is 5.92 Å². The normalized spacial score (nSPS) is 24.4. The highest BCUT2D eigenvalue weighted by Crippen LogP contribution is 2.19. The van der Waals surface area contributed by atoms with E-state index in [9.17, 15) is 0 Å². The van der Waals surface area contributed by atoms with E-state index in [1.54, 1.807) is 0 Å². The van der Waals surface area contributed by atoms with Gasteiger partial charge in [0.05, 0.1) is 0 Å². The first-order valence-electron chi connectivity index (χ1n) is 8.98. The number of likely N-dealkylation sites (tertiary alicyclic amines) is 1. The van der Waals surface area contributed by atoms with E-state index in [1.165, 1.54) is 51.6 Å². The minimum Gasteiger partial charge on any atom is -0.357 e. The predicted octanol–water partition coefficient (Wildman–Crippen LogP) is 3.22. The van der Waals surface area contributed by atoms with Crippen LogP contribution in [-0.4, -0.2) is 49.1 Å². The molecule has 2 N–H and O–H groups in total. The summed E-state index contributed by atoms with van der Waals surface area (Å²) in [4.78, 5) is 7.46. The maximum Gasteiger partial charge on any atom is 0.191 e. The lowest BCUT2D eigenvalue weighted by atomic mass is 9.97. The molecule has 1 atom stereocenters. The van der Waals surface area contributed by atoms with Crippen LogP contribution >= 0.6 is 24.0 Å². The molecule has 1 aliphatic heterocycles. The molecule has 1 saturated carbocycles. The second-order valence-electron chi connectivity index (χ2n) is 6.94. The van der Waals surface area contributed by atoms with E-state index in [0.717, 1.165) is 25.0 Å². The lowest BCUT2D eigenvalue weighted by Crippen LogP contribution is -2.44. The van der Waals surface area contributed by atoms with Crippen molar-refractivity contribution in [2.24, 2.45) is 10.9 Å². The van der Waals surface area contributed by atoms with Crippen molar-refractivity contribution >= 4 is 29.9 Å². The van der Waals surface area contributed by atoms with Crippen LogP contribution in [0.1, 0.15) is 59.3 Å². The van der Waals surface area contributed by atoms with Gasteiger partial charge in [0, 0.05) is 31.7 Å². The molecule has 0 aromatic rings. The fourth-order valence-corrected chi connectivity index (χ4v) is 3.52. The number of halogens is 1. The molecule has 0 aromatic heterocycles. The third kappa shape index (κ3) is 6.60. The summed E-state index contributed by atoms with van der Waals surface area (Å²) in [6, 6.07) is 1.31. The molecule has 2 fully saturated rings. The fraction of sp³-hybridized carbons (Fsp3) is 0.941. The van der Waals surface area contributed by atoms with Gasteiger partial charge < -0.3 is 15.5 Å². The van der Waals surface area contributed by atoms with Crippen LogP contribution in [0.3, 0.4) is 0 Å². The first-order valence-corrected chi connectivity index (χ1v) is 8.98. The average Bonchev–Trinajstić information content (AvgIpc) is 2.98. The summed E-state index contributed by atoms with van der Waals surface area (Å²) in [6.07, 6.45) is 7.98. The molecule has 0 aromatic carbocycles. The largest absolute Gasteiger partial charge is 0.357 e. The van der Waals surface area contributed by atoms with Crippen molar-refractivity contribution in [3.05, 3.63) is 0 Å². The molecular weight excluding hydrogens is 387 g/mol. The first kappa shape index (κ1) is 20.0. The Morgan fingerprint density at radius 2 is 1.91 bits per heavy atom. The molecule has 130 valence electrons. The van der Waals surface area contributed by atoms with Crippen LogP contribution < -0.4 is 10.6 Å². The zero-order valence-corrected chi connectivity index (χ0v) is 16.9. The lowest BCUT2D eigenvalue weighted by Gasteiger charge is -2.34. The van der Waals surface area contributed by atoms with Gasteiger partial charge in [-0.05, 0) is 58.9 Å². The Bertz CT molecular complexity index is 327. The third-order valence-electron chi connectivity index (χ3n) is 4.83. The van der Waals surface area contributed by atoms with E-state index in [1.807, 2.05) is 0 Å². The smallest absolute Gasteiger partial charge is 0.191 e. The molecular formula is C17H35IN4. The Balaban J connectivity index is 0.00000242. The Hall–Kier alpha value is -0.0400. The molecule has 1 aliphatic carbocycles. The molecule has 1 heterocycles. The van der Waals surface area contributed by atoms with E-state index < -0.39 is 0 Å². The highest BCUT2D eigenvalue weighted by Gasteiger charge is 2.22. The topological polar surface area (TPSA) is 39.7 Å². The zero-order valence-electron chi connectivity index (χ0n) is 14.6.